The van der Waals surface area contributed by atoms with Crippen LogP contribution >= 0.6 is 11.3 Å². The summed E-state index contributed by atoms with van der Waals surface area (Å²) in [5.74, 6) is 1.48. The Balaban J connectivity index is 1.91. The van der Waals surface area contributed by atoms with Gasteiger partial charge in [-0.15, -0.1) is 11.3 Å². The Kier molecular flexibility index (Phi) is 6.19. The van der Waals surface area contributed by atoms with Crippen LogP contribution in [0.3, 0.4) is 0 Å². The molecule has 0 saturated heterocycles. The normalized spacial score (nSPS) is 11.0. The van der Waals surface area contributed by atoms with E-state index >= 15 is 0 Å². The van der Waals surface area contributed by atoms with E-state index < -0.39 is 0 Å². The second-order valence-corrected chi connectivity index (χ2v) is 7.12. The smallest absolute Gasteiger partial charge is 0.161 e. The van der Waals surface area contributed by atoms with Gasteiger partial charge in [-0.1, -0.05) is 0 Å². The molecule has 144 valence electrons. The predicted molar refractivity (Wildman–Crippen MR) is 110 cm³/mol. The first kappa shape index (κ1) is 19.5. The Morgan fingerprint density at radius 1 is 1.11 bits per heavy atom. The Morgan fingerprint density at radius 2 is 1.93 bits per heavy atom. The van der Waals surface area contributed by atoms with Gasteiger partial charge in [-0.3, -0.25) is 0 Å². The van der Waals surface area contributed by atoms with Crippen molar-refractivity contribution in [2.75, 3.05) is 27.4 Å². The maximum absolute atomic E-state index is 5.60. The van der Waals surface area contributed by atoms with Gasteiger partial charge < -0.3 is 18.8 Å². The lowest BCUT2D eigenvalue weighted by Crippen LogP contribution is -2.07. The van der Waals surface area contributed by atoms with E-state index in [9.17, 15) is 0 Å². The van der Waals surface area contributed by atoms with Crippen molar-refractivity contribution in [2.45, 2.75) is 27.3 Å². The molecule has 0 atom stereocenters. The standard InChI is InChI=1S/C21H26N2O3S/c1-6-26-19-8-7-16(12-20(19)25-5)21-22-18(13-27-21)17-11-14(2)23(15(17)3)9-10-24-4/h7-8,11-13H,6,9-10H2,1-5H3. The summed E-state index contributed by atoms with van der Waals surface area (Å²) in [5.41, 5.74) is 5.63. The lowest BCUT2D eigenvalue weighted by molar-refractivity contribution is 0.186. The fourth-order valence-electron chi connectivity index (χ4n) is 3.19. The van der Waals surface area contributed by atoms with E-state index in [0.29, 0.717) is 13.2 Å². The van der Waals surface area contributed by atoms with Crippen LogP contribution in [0.1, 0.15) is 18.3 Å². The quantitative estimate of drug-likeness (QED) is 0.549. The molecule has 2 heterocycles. The van der Waals surface area contributed by atoms with Crippen LogP contribution in [0.5, 0.6) is 11.5 Å². The molecule has 0 aliphatic rings. The van der Waals surface area contributed by atoms with Gasteiger partial charge in [-0.2, -0.15) is 0 Å². The highest BCUT2D eigenvalue weighted by Crippen LogP contribution is 2.36. The summed E-state index contributed by atoms with van der Waals surface area (Å²) >= 11 is 1.64. The summed E-state index contributed by atoms with van der Waals surface area (Å²) in [4.78, 5) is 4.87. The summed E-state index contributed by atoms with van der Waals surface area (Å²) in [5, 5.41) is 3.08. The van der Waals surface area contributed by atoms with Crippen molar-refractivity contribution in [3.63, 3.8) is 0 Å². The minimum Gasteiger partial charge on any atom is -0.493 e. The molecule has 5 nitrogen and oxygen atoms in total. The molecule has 6 heteroatoms. The molecule has 0 amide bonds. The summed E-state index contributed by atoms with van der Waals surface area (Å²) in [6.45, 7) is 8.37. The molecule has 0 bridgehead atoms. The molecule has 0 radical (unpaired) electrons. The van der Waals surface area contributed by atoms with Gasteiger partial charge in [0.1, 0.15) is 5.01 Å². The van der Waals surface area contributed by atoms with Crippen molar-refractivity contribution in [2.24, 2.45) is 0 Å². The molecule has 27 heavy (non-hydrogen) atoms. The minimum atomic E-state index is 0.607. The molecular weight excluding hydrogens is 360 g/mol. The van der Waals surface area contributed by atoms with E-state index in [1.165, 1.54) is 17.0 Å². The van der Waals surface area contributed by atoms with Gasteiger partial charge in [0.05, 0.1) is 26.0 Å². The zero-order valence-electron chi connectivity index (χ0n) is 16.5. The number of hydrogen-bond donors (Lipinski definition) is 0. The van der Waals surface area contributed by atoms with Crippen LogP contribution in [0.4, 0.5) is 0 Å². The number of aryl methyl sites for hydroxylation is 1. The Hall–Kier alpha value is -2.31. The third kappa shape index (κ3) is 4.01. The van der Waals surface area contributed by atoms with Gasteiger partial charge in [0.15, 0.2) is 11.5 Å². The number of benzene rings is 1. The fourth-order valence-corrected chi connectivity index (χ4v) is 4.01. The van der Waals surface area contributed by atoms with E-state index in [2.05, 4.69) is 29.9 Å². The molecule has 0 spiro atoms. The van der Waals surface area contributed by atoms with Crippen molar-refractivity contribution in [1.82, 2.24) is 9.55 Å². The monoisotopic (exact) mass is 386 g/mol. The second kappa shape index (κ2) is 8.59. The lowest BCUT2D eigenvalue weighted by Gasteiger charge is -2.10. The molecule has 0 aliphatic carbocycles. The van der Waals surface area contributed by atoms with E-state index in [1.807, 2.05) is 25.1 Å². The molecule has 3 aromatic rings. The first-order valence-corrected chi connectivity index (χ1v) is 9.89. The van der Waals surface area contributed by atoms with Crippen LogP contribution in [0.15, 0.2) is 29.6 Å². The fraction of sp³-hybridized carbons (Fsp3) is 0.381. The third-order valence-corrected chi connectivity index (χ3v) is 5.47. The molecular formula is C21H26N2O3S. The number of thiazole rings is 1. The number of rotatable bonds is 8. The Bertz CT molecular complexity index is 914. The maximum atomic E-state index is 5.60. The van der Waals surface area contributed by atoms with Gasteiger partial charge in [0.2, 0.25) is 0 Å². The van der Waals surface area contributed by atoms with E-state index in [-0.39, 0.29) is 0 Å². The van der Waals surface area contributed by atoms with Crippen LogP contribution in [0.25, 0.3) is 21.8 Å². The SMILES string of the molecule is CCOc1ccc(-c2nc(-c3cc(C)n(CCOC)c3C)cs2)cc1OC. The average Bonchev–Trinajstić information content (AvgIpc) is 3.26. The third-order valence-electron chi connectivity index (χ3n) is 4.58. The van der Waals surface area contributed by atoms with Gasteiger partial charge in [0, 0.05) is 41.5 Å². The molecule has 3 rings (SSSR count). The molecule has 2 aromatic heterocycles. The number of aromatic nitrogens is 2. The van der Waals surface area contributed by atoms with Crippen LogP contribution in [0, 0.1) is 13.8 Å². The largest absolute Gasteiger partial charge is 0.493 e. The van der Waals surface area contributed by atoms with Crippen molar-refractivity contribution < 1.29 is 14.2 Å². The van der Waals surface area contributed by atoms with Gasteiger partial charge in [-0.05, 0) is 45.0 Å². The van der Waals surface area contributed by atoms with Gasteiger partial charge in [-0.25, -0.2) is 4.98 Å². The lowest BCUT2D eigenvalue weighted by atomic mass is 10.2. The van der Waals surface area contributed by atoms with Gasteiger partial charge >= 0.3 is 0 Å². The first-order chi connectivity index (χ1) is 13.1. The van der Waals surface area contributed by atoms with Crippen LogP contribution in [-0.4, -0.2) is 37.0 Å². The zero-order valence-corrected chi connectivity index (χ0v) is 17.4. The van der Waals surface area contributed by atoms with Gasteiger partial charge in [0.25, 0.3) is 0 Å². The summed E-state index contributed by atoms with van der Waals surface area (Å²) in [6.07, 6.45) is 0. The van der Waals surface area contributed by atoms with Crippen molar-refractivity contribution in [3.05, 3.63) is 41.0 Å². The highest BCUT2D eigenvalue weighted by molar-refractivity contribution is 7.13. The number of nitrogens with zero attached hydrogens (tertiary/aromatic N) is 2. The molecule has 0 fully saturated rings. The number of methoxy groups -OCH3 is 2. The Labute approximate surface area is 164 Å². The summed E-state index contributed by atoms with van der Waals surface area (Å²) in [7, 11) is 3.39. The number of ether oxygens (including phenoxy) is 3. The predicted octanol–water partition coefficient (Wildman–Crippen LogP) is 4.95. The molecule has 1 aromatic carbocycles. The van der Waals surface area contributed by atoms with Crippen LogP contribution in [0.2, 0.25) is 0 Å². The molecule has 0 unspecified atom stereocenters. The van der Waals surface area contributed by atoms with E-state index in [4.69, 9.17) is 19.2 Å². The zero-order chi connectivity index (χ0) is 19.4. The van der Waals surface area contributed by atoms with Crippen molar-refractivity contribution in [3.8, 4) is 33.3 Å². The summed E-state index contributed by atoms with van der Waals surface area (Å²) < 4.78 is 18.6. The highest BCUT2D eigenvalue weighted by Gasteiger charge is 2.15. The van der Waals surface area contributed by atoms with Crippen molar-refractivity contribution in [1.29, 1.82) is 0 Å². The van der Waals surface area contributed by atoms with Crippen molar-refractivity contribution >= 4 is 11.3 Å². The summed E-state index contributed by atoms with van der Waals surface area (Å²) in [6, 6.07) is 8.14. The van der Waals surface area contributed by atoms with Crippen LogP contribution in [-0.2, 0) is 11.3 Å². The topological polar surface area (TPSA) is 45.5 Å². The Morgan fingerprint density at radius 3 is 2.63 bits per heavy atom. The molecule has 0 aliphatic heterocycles. The van der Waals surface area contributed by atoms with E-state index in [0.717, 1.165) is 34.3 Å². The minimum absolute atomic E-state index is 0.607. The second-order valence-electron chi connectivity index (χ2n) is 6.27. The van der Waals surface area contributed by atoms with Crippen LogP contribution < -0.4 is 9.47 Å². The first-order valence-electron chi connectivity index (χ1n) is 9.01. The highest BCUT2D eigenvalue weighted by atomic mass is 32.1. The maximum Gasteiger partial charge on any atom is 0.161 e. The average molecular weight is 387 g/mol. The number of hydrogen-bond acceptors (Lipinski definition) is 5. The molecule has 0 N–H and O–H groups in total. The molecule has 0 saturated carbocycles. The van der Waals surface area contributed by atoms with E-state index in [1.54, 1.807) is 25.6 Å².